The summed E-state index contributed by atoms with van der Waals surface area (Å²) < 4.78 is 5.43. The third-order valence-electron chi connectivity index (χ3n) is 9.48. The predicted octanol–water partition coefficient (Wildman–Crippen LogP) is 7.67. The number of alkyl halides is 1. The Bertz CT molecular complexity index is 1370. The second-order valence-corrected chi connectivity index (χ2v) is 13.5. The average molecular weight is 720 g/mol. The molecule has 1 fully saturated rings. The highest BCUT2D eigenvalue weighted by Gasteiger charge is 2.52. The summed E-state index contributed by atoms with van der Waals surface area (Å²) in [5.41, 5.74) is 3.40. The van der Waals surface area contributed by atoms with Gasteiger partial charge in [-0.2, -0.15) is 0 Å². The molecule has 1 N–H and O–H groups in total. The van der Waals surface area contributed by atoms with Crippen molar-refractivity contribution in [3.8, 4) is 0 Å². The van der Waals surface area contributed by atoms with Crippen LogP contribution >= 0.6 is 34.2 Å². The highest BCUT2D eigenvalue weighted by molar-refractivity contribution is 14.1. The first-order valence-electron chi connectivity index (χ1n) is 15.2. The number of nitrogens with one attached hydrogen (secondary N) is 1. The van der Waals surface area contributed by atoms with E-state index >= 15 is 0 Å². The Morgan fingerprint density at radius 3 is 2.42 bits per heavy atom. The summed E-state index contributed by atoms with van der Waals surface area (Å²) in [6.07, 6.45) is 5.58. The molecule has 43 heavy (non-hydrogen) atoms. The van der Waals surface area contributed by atoms with Gasteiger partial charge in [0.2, 0.25) is 0 Å². The fourth-order valence-electron chi connectivity index (χ4n) is 6.51. The van der Waals surface area contributed by atoms with E-state index in [0.717, 1.165) is 53.2 Å². The molecule has 4 rings (SSSR count). The molecule has 1 heterocycles. The largest absolute Gasteiger partial charge is 0.469 e. The molecule has 2 aromatic carbocycles. The lowest BCUT2D eigenvalue weighted by atomic mass is 9.67. The van der Waals surface area contributed by atoms with Crippen molar-refractivity contribution in [3.05, 3.63) is 69.7 Å². The van der Waals surface area contributed by atoms with Crippen LogP contribution in [0.1, 0.15) is 106 Å². The second kappa shape index (κ2) is 14.1. The Morgan fingerprint density at radius 1 is 1.16 bits per heavy atom. The van der Waals surface area contributed by atoms with Crippen LogP contribution in [0.2, 0.25) is 5.02 Å². The number of hydrogen-bond donors (Lipinski definition) is 1. The van der Waals surface area contributed by atoms with Crippen LogP contribution in [0, 0.1) is 11.3 Å². The van der Waals surface area contributed by atoms with E-state index in [4.69, 9.17) is 16.6 Å². The molecule has 1 aliphatic carbocycles. The summed E-state index contributed by atoms with van der Waals surface area (Å²) in [7, 11) is 1.32. The van der Waals surface area contributed by atoms with Crippen molar-refractivity contribution in [2.75, 3.05) is 13.7 Å². The number of halogens is 2. The van der Waals surface area contributed by atoms with Crippen molar-refractivity contribution in [1.82, 2.24) is 10.2 Å². The van der Waals surface area contributed by atoms with Crippen LogP contribution in [0.25, 0.3) is 0 Å². The standard InChI is InChI=1S/C34H43ClIN3O4/c1-6-28(23-8-10-24(11-9-23)31(41)37-17-14-29(40)43-5)39-32(42)30(25-18-22(21-36)19-27(35)20-25)38-34(39)15-12-26(13-16-34)33(3,4)7-2/h8-11,18-20,26,28H,6-7,12-17,21H2,1-5H3,(H,37,41)/t26?,28-,34?/m1/s1. The summed E-state index contributed by atoms with van der Waals surface area (Å²) in [6, 6.07) is 13.0. The summed E-state index contributed by atoms with van der Waals surface area (Å²) >= 11 is 8.81. The fraction of sp³-hybridized carbons (Fsp3) is 0.529. The Kier molecular flexibility index (Phi) is 11.0. The van der Waals surface area contributed by atoms with E-state index in [1.54, 1.807) is 12.1 Å². The number of aliphatic imine (C=N–C) groups is 1. The quantitative estimate of drug-likeness (QED) is 0.147. The molecule has 9 heteroatoms. The molecule has 1 spiro atoms. The van der Waals surface area contributed by atoms with Gasteiger partial charge >= 0.3 is 5.97 Å². The van der Waals surface area contributed by atoms with Crippen LogP contribution in [0.3, 0.4) is 0 Å². The molecular formula is C34H43ClIN3O4. The Balaban J connectivity index is 1.66. The highest BCUT2D eigenvalue weighted by atomic mass is 127. The molecule has 232 valence electrons. The zero-order valence-electron chi connectivity index (χ0n) is 25.8. The van der Waals surface area contributed by atoms with E-state index < -0.39 is 5.66 Å². The second-order valence-electron chi connectivity index (χ2n) is 12.3. The third-order valence-corrected chi connectivity index (χ3v) is 10.6. The minimum absolute atomic E-state index is 0.0636. The van der Waals surface area contributed by atoms with Crippen molar-refractivity contribution >= 4 is 57.7 Å². The van der Waals surface area contributed by atoms with Crippen molar-refractivity contribution in [2.45, 2.75) is 88.8 Å². The van der Waals surface area contributed by atoms with Gasteiger partial charge in [-0.05, 0) is 84.9 Å². The number of rotatable bonds is 11. The van der Waals surface area contributed by atoms with Gasteiger partial charge in [-0.15, -0.1) is 0 Å². The molecule has 0 aromatic heterocycles. The maximum absolute atomic E-state index is 14.4. The SMILES string of the molecule is CC[C@H](c1ccc(C(=O)NCCC(=O)OC)cc1)N1C(=O)C(c2cc(Cl)cc(CI)c2)=NC12CCC(C(C)(C)CC)CC2. The van der Waals surface area contributed by atoms with Gasteiger partial charge in [-0.3, -0.25) is 19.4 Å². The van der Waals surface area contributed by atoms with Gasteiger partial charge in [0.1, 0.15) is 11.4 Å². The molecule has 2 aromatic rings. The monoisotopic (exact) mass is 719 g/mol. The zero-order valence-corrected chi connectivity index (χ0v) is 28.8. The van der Waals surface area contributed by atoms with Crippen molar-refractivity contribution < 1.29 is 19.1 Å². The lowest BCUT2D eigenvalue weighted by Gasteiger charge is -2.48. The number of esters is 1. The third kappa shape index (κ3) is 7.27. The number of carbonyl (C=O) groups is 3. The Morgan fingerprint density at radius 2 is 1.84 bits per heavy atom. The molecule has 0 saturated heterocycles. The summed E-state index contributed by atoms with van der Waals surface area (Å²) in [4.78, 5) is 45.8. The van der Waals surface area contributed by atoms with E-state index in [1.807, 2.05) is 35.2 Å². The molecule has 0 unspecified atom stereocenters. The van der Waals surface area contributed by atoms with Crippen LogP contribution in [0.5, 0.6) is 0 Å². The molecule has 0 radical (unpaired) electrons. The molecule has 1 aliphatic heterocycles. The topological polar surface area (TPSA) is 88.1 Å². The molecule has 0 bridgehead atoms. The summed E-state index contributed by atoms with van der Waals surface area (Å²) in [5, 5.41) is 3.37. The van der Waals surface area contributed by atoms with Crippen LogP contribution in [-0.2, 0) is 18.8 Å². The van der Waals surface area contributed by atoms with E-state index in [-0.39, 0.29) is 42.2 Å². The number of hydrogen-bond acceptors (Lipinski definition) is 5. The van der Waals surface area contributed by atoms with Gasteiger partial charge in [-0.1, -0.05) is 80.4 Å². The predicted molar refractivity (Wildman–Crippen MR) is 180 cm³/mol. The molecule has 7 nitrogen and oxygen atoms in total. The van der Waals surface area contributed by atoms with Crippen molar-refractivity contribution in [2.24, 2.45) is 16.3 Å². The molecular weight excluding hydrogens is 677 g/mol. The van der Waals surface area contributed by atoms with Gasteiger partial charge in [0.15, 0.2) is 0 Å². The lowest BCUT2D eigenvalue weighted by molar-refractivity contribution is -0.140. The van der Waals surface area contributed by atoms with Gasteiger partial charge in [0.05, 0.1) is 19.6 Å². The molecule has 2 amide bonds. The first kappa shape index (κ1) is 33.4. The van der Waals surface area contributed by atoms with E-state index in [1.165, 1.54) is 7.11 Å². The van der Waals surface area contributed by atoms with Crippen molar-refractivity contribution in [1.29, 1.82) is 0 Å². The van der Waals surface area contributed by atoms with Crippen LogP contribution < -0.4 is 5.32 Å². The number of amides is 2. The summed E-state index contributed by atoms with van der Waals surface area (Å²) in [5.74, 6) is -0.117. The first-order chi connectivity index (χ1) is 20.5. The number of methoxy groups -OCH3 is 1. The number of nitrogens with zero attached hydrogens (tertiary/aromatic N) is 2. The lowest BCUT2D eigenvalue weighted by Crippen LogP contribution is -2.51. The molecule has 1 saturated carbocycles. The minimum Gasteiger partial charge on any atom is -0.469 e. The Labute approximate surface area is 274 Å². The van der Waals surface area contributed by atoms with Gasteiger partial charge in [0, 0.05) is 27.1 Å². The van der Waals surface area contributed by atoms with Crippen LogP contribution in [-0.4, -0.2) is 47.7 Å². The van der Waals surface area contributed by atoms with Gasteiger partial charge in [0.25, 0.3) is 11.8 Å². The molecule has 1 atom stereocenters. The summed E-state index contributed by atoms with van der Waals surface area (Å²) in [6.45, 7) is 9.25. The van der Waals surface area contributed by atoms with E-state index in [9.17, 15) is 14.4 Å². The van der Waals surface area contributed by atoms with Crippen LogP contribution in [0.15, 0.2) is 47.5 Å². The van der Waals surface area contributed by atoms with E-state index in [0.29, 0.717) is 28.6 Å². The van der Waals surface area contributed by atoms with Gasteiger partial charge in [-0.25, -0.2) is 0 Å². The normalized spacial score (nSPS) is 21.1. The highest BCUT2D eigenvalue weighted by Crippen LogP contribution is 2.50. The smallest absolute Gasteiger partial charge is 0.307 e. The average Bonchev–Trinajstić information content (AvgIpc) is 3.28. The first-order valence-corrected chi connectivity index (χ1v) is 17.1. The van der Waals surface area contributed by atoms with Gasteiger partial charge < -0.3 is 15.0 Å². The van der Waals surface area contributed by atoms with E-state index in [2.05, 4.69) is 60.3 Å². The fourth-order valence-corrected chi connectivity index (χ4v) is 7.20. The molecule has 2 aliphatic rings. The van der Waals surface area contributed by atoms with Crippen molar-refractivity contribution in [3.63, 3.8) is 0 Å². The minimum atomic E-state index is -0.621. The maximum atomic E-state index is 14.4. The Hall–Kier alpha value is -2.46. The number of benzene rings is 2. The number of carbonyl (C=O) groups excluding carboxylic acids is 3. The zero-order chi connectivity index (χ0) is 31.4. The number of ether oxygens (including phenoxy) is 1. The maximum Gasteiger partial charge on any atom is 0.307 e. The van der Waals surface area contributed by atoms with Crippen LogP contribution in [0.4, 0.5) is 0 Å².